The van der Waals surface area contributed by atoms with Crippen LogP contribution in [0.15, 0.2) is 18.2 Å². The molecular weight excluding hydrogens is 451 g/mol. The Labute approximate surface area is 190 Å². The van der Waals surface area contributed by atoms with Crippen LogP contribution >= 0.6 is 23.2 Å². The van der Waals surface area contributed by atoms with E-state index in [0.29, 0.717) is 17.0 Å². The van der Waals surface area contributed by atoms with Crippen LogP contribution in [-0.4, -0.2) is 87.9 Å². The summed E-state index contributed by atoms with van der Waals surface area (Å²) in [6, 6.07) is 6.42. The van der Waals surface area contributed by atoms with Crippen molar-refractivity contribution < 1.29 is 39.2 Å². The molecule has 3 unspecified atom stereocenters. The fourth-order valence-corrected chi connectivity index (χ4v) is 4.61. The fraction of sp³-hybridized carbons (Fsp3) is 0.600. The second-order valence-electron chi connectivity index (χ2n) is 7.99. The molecule has 0 bridgehead atoms. The lowest BCUT2D eigenvalue weighted by molar-refractivity contribution is -0.952. The lowest BCUT2D eigenvalue weighted by Gasteiger charge is -2.40. The molecule has 6 N–H and O–H groups in total. The van der Waals surface area contributed by atoms with Gasteiger partial charge in [-0.25, -0.2) is 9.59 Å². The van der Waals surface area contributed by atoms with E-state index in [2.05, 4.69) is 6.07 Å². The quantitative estimate of drug-likeness (QED) is 0.362. The van der Waals surface area contributed by atoms with E-state index in [4.69, 9.17) is 54.1 Å². The Balaban J connectivity index is 0.000000291. The highest BCUT2D eigenvalue weighted by Gasteiger charge is 2.45. The van der Waals surface area contributed by atoms with Crippen LogP contribution in [0.4, 0.5) is 0 Å². The maximum absolute atomic E-state index is 9.77. The molecule has 1 aromatic carbocycles. The normalized spacial score (nSPS) is 27.3. The summed E-state index contributed by atoms with van der Waals surface area (Å²) >= 11 is 12.4. The van der Waals surface area contributed by atoms with Gasteiger partial charge in [-0.2, -0.15) is 0 Å². The predicted molar refractivity (Wildman–Crippen MR) is 114 cm³/mol. The molecule has 0 amide bonds. The number of benzene rings is 1. The number of hydrogen-bond acceptors (Lipinski definition) is 6. The Morgan fingerprint density at radius 2 is 1.81 bits per heavy atom. The number of aliphatic hydroxyl groups is 2. The zero-order valence-corrected chi connectivity index (χ0v) is 18.5. The highest BCUT2D eigenvalue weighted by atomic mass is 35.5. The van der Waals surface area contributed by atoms with Crippen LogP contribution in [0.2, 0.25) is 10.0 Å². The van der Waals surface area contributed by atoms with E-state index < -0.39 is 24.1 Å². The molecule has 11 heteroatoms. The van der Waals surface area contributed by atoms with E-state index in [-0.39, 0.29) is 0 Å². The first-order valence-corrected chi connectivity index (χ1v) is 10.7. The number of quaternary nitrogens is 1. The lowest BCUT2D eigenvalue weighted by atomic mass is 10.1. The molecule has 0 aliphatic carbocycles. The van der Waals surface area contributed by atoms with Gasteiger partial charge in [-0.1, -0.05) is 29.3 Å². The average Bonchev–Trinajstić information content (AvgIpc) is 3.40. The molecule has 0 spiro atoms. The van der Waals surface area contributed by atoms with Crippen LogP contribution in [0.25, 0.3) is 0 Å². The molecule has 2 fully saturated rings. The number of likely N-dealkylation sites (tertiary alicyclic amines) is 1. The van der Waals surface area contributed by atoms with Gasteiger partial charge in [0, 0.05) is 35.9 Å². The summed E-state index contributed by atoms with van der Waals surface area (Å²) in [5.41, 5.74) is 7.10. The minimum absolute atomic E-state index is 0.577. The number of carboxylic acid groups (broad SMARTS) is 2. The number of rotatable bonds is 7. The van der Waals surface area contributed by atoms with Crippen molar-refractivity contribution in [2.45, 2.75) is 37.6 Å². The largest absolute Gasteiger partial charge is 0.479 e. The second-order valence-corrected chi connectivity index (χ2v) is 8.84. The van der Waals surface area contributed by atoms with Gasteiger partial charge >= 0.3 is 11.9 Å². The smallest absolute Gasteiger partial charge is 0.335 e. The summed E-state index contributed by atoms with van der Waals surface area (Å²) in [6.45, 7) is 5.80. The SMILES string of the molecule is NC[C@H]1CC[N+](Cc2ccc(Cl)cc2Cl)([C@@H]2CCOC2)C1.O=C(O)C(O)C(O)C(=O)O. The highest BCUT2D eigenvalue weighted by Crippen LogP contribution is 2.35. The maximum Gasteiger partial charge on any atom is 0.335 e. The van der Waals surface area contributed by atoms with Gasteiger partial charge in [0.25, 0.3) is 0 Å². The highest BCUT2D eigenvalue weighted by molar-refractivity contribution is 6.35. The molecule has 174 valence electrons. The summed E-state index contributed by atoms with van der Waals surface area (Å²) in [6.07, 6.45) is -2.18. The minimum Gasteiger partial charge on any atom is -0.479 e. The van der Waals surface area contributed by atoms with Crippen LogP contribution in [0.3, 0.4) is 0 Å². The third kappa shape index (κ3) is 6.76. The van der Waals surface area contributed by atoms with Crippen molar-refractivity contribution in [3.8, 4) is 0 Å². The van der Waals surface area contributed by atoms with Gasteiger partial charge in [-0.15, -0.1) is 0 Å². The van der Waals surface area contributed by atoms with E-state index in [0.717, 1.165) is 48.8 Å². The predicted octanol–water partition coefficient (Wildman–Crippen LogP) is 0.955. The van der Waals surface area contributed by atoms with Gasteiger partial charge < -0.3 is 35.4 Å². The van der Waals surface area contributed by atoms with Crippen LogP contribution in [0.1, 0.15) is 18.4 Å². The van der Waals surface area contributed by atoms with Crippen LogP contribution < -0.4 is 5.73 Å². The number of aliphatic carboxylic acids is 2. The second kappa shape index (κ2) is 11.4. The Morgan fingerprint density at radius 1 is 1.16 bits per heavy atom. The molecule has 31 heavy (non-hydrogen) atoms. The molecule has 2 heterocycles. The van der Waals surface area contributed by atoms with E-state index in [9.17, 15) is 9.59 Å². The zero-order chi connectivity index (χ0) is 23.2. The van der Waals surface area contributed by atoms with E-state index in [1.165, 1.54) is 18.5 Å². The number of nitrogens with two attached hydrogens (primary N) is 1. The van der Waals surface area contributed by atoms with Crippen molar-refractivity contribution in [3.05, 3.63) is 33.8 Å². The molecule has 0 radical (unpaired) electrons. The fourth-order valence-electron chi connectivity index (χ4n) is 4.15. The Bertz CT molecular complexity index is 758. The number of carboxylic acids is 2. The molecule has 0 aromatic heterocycles. The first kappa shape index (κ1) is 25.8. The number of hydrogen-bond donors (Lipinski definition) is 5. The molecular formula is C20H29Cl2N2O7+. The van der Waals surface area contributed by atoms with Gasteiger partial charge in [-0.3, -0.25) is 0 Å². The minimum atomic E-state index is -2.27. The van der Waals surface area contributed by atoms with Crippen LogP contribution in [0.5, 0.6) is 0 Å². The molecule has 3 rings (SSSR count). The molecule has 0 saturated carbocycles. The number of halogens is 2. The summed E-state index contributed by atoms with van der Waals surface area (Å²) in [7, 11) is 0. The molecule has 2 aliphatic rings. The topological polar surface area (TPSA) is 150 Å². The van der Waals surface area contributed by atoms with E-state index >= 15 is 0 Å². The summed E-state index contributed by atoms with van der Waals surface area (Å²) < 4.78 is 6.72. The molecule has 9 nitrogen and oxygen atoms in total. The molecule has 2 saturated heterocycles. The zero-order valence-electron chi connectivity index (χ0n) is 17.0. The molecule has 2 aliphatic heterocycles. The van der Waals surface area contributed by atoms with E-state index in [1.807, 2.05) is 12.1 Å². The van der Waals surface area contributed by atoms with Crippen molar-refractivity contribution in [3.63, 3.8) is 0 Å². The molecule has 5 atom stereocenters. The van der Waals surface area contributed by atoms with Crippen molar-refractivity contribution in [1.29, 1.82) is 0 Å². The van der Waals surface area contributed by atoms with Crippen molar-refractivity contribution >= 4 is 35.1 Å². The number of nitrogens with zero attached hydrogens (tertiary/aromatic N) is 1. The summed E-state index contributed by atoms with van der Waals surface area (Å²) in [5, 5.41) is 34.0. The van der Waals surface area contributed by atoms with Crippen molar-refractivity contribution in [1.82, 2.24) is 0 Å². The average molecular weight is 480 g/mol. The third-order valence-electron chi connectivity index (χ3n) is 5.92. The van der Waals surface area contributed by atoms with Crippen LogP contribution in [0, 0.1) is 5.92 Å². The first-order valence-electron chi connectivity index (χ1n) is 9.99. The summed E-state index contributed by atoms with van der Waals surface area (Å²) in [5.74, 6) is -2.92. The van der Waals surface area contributed by atoms with Gasteiger partial charge in [-0.05, 0) is 12.1 Å². The van der Waals surface area contributed by atoms with Crippen LogP contribution in [-0.2, 0) is 20.9 Å². The molecule has 1 aromatic rings. The lowest BCUT2D eigenvalue weighted by Crippen LogP contribution is -2.53. The Morgan fingerprint density at radius 3 is 2.26 bits per heavy atom. The van der Waals surface area contributed by atoms with Gasteiger partial charge in [0.1, 0.15) is 12.6 Å². The monoisotopic (exact) mass is 479 g/mol. The van der Waals surface area contributed by atoms with Gasteiger partial charge in [0.2, 0.25) is 0 Å². The standard InChI is InChI=1S/C16H23Cl2N2O.C4H6O6/c17-14-2-1-13(16(18)7-14)10-20(15-4-6-21-11-15)5-3-12(8-19)9-20;5-1(3(7)8)2(6)4(9)10/h1-2,7,12,15H,3-6,8-11,19H2;1-2,5-6H,(H,7,8)(H,9,10)/q+1;/t12-,15-,20?;/m1./s1. The van der Waals surface area contributed by atoms with Gasteiger partial charge in [0.05, 0.1) is 31.3 Å². The van der Waals surface area contributed by atoms with E-state index in [1.54, 1.807) is 0 Å². The van der Waals surface area contributed by atoms with Crippen molar-refractivity contribution in [2.24, 2.45) is 11.7 Å². The Kier molecular flexibility index (Phi) is 9.50. The number of ether oxygens (including phenoxy) is 1. The Hall–Kier alpha value is -1.46. The first-order chi connectivity index (χ1) is 14.6. The summed E-state index contributed by atoms with van der Waals surface area (Å²) in [4.78, 5) is 19.5. The maximum atomic E-state index is 9.77. The van der Waals surface area contributed by atoms with Gasteiger partial charge in [0.15, 0.2) is 12.2 Å². The third-order valence-corrected chi connectivity index (χ3v) is 6.51. The number of aliphatic hydroxyl groups excluding tert-OH is 2. The number of carbonyl (C=O) groups is 2. The van der Waals surface area contributed by atoms with Crippen molar-refractivity contribution in [2.75, 3.05) is 32.8 Å².